The number of carboxylic acids is 3. The Hall–Kier alpha value is -3.73. The molecule has 0 bridgehead atoms. The average Bonchev–Trinajstić information content (AvgIpc) is 2.57. The molecule has 0 radical (unpaired) electrons. The summed E-state index contributed by atoms with van der Waals surface area (Å²) in [6.07, 6.45) is 2.08. The molecule has 2 rings (SSSR count). The van der Waals surface area contributed by atoms with Crippen molar-refractivity contribution >= 4 is 17.9 Å². The Labute approximate surface area is 152 Å². The van der Waals surface area contributed by atoms with Gasteiger partial charge in [-0.1, -0.05) is 0 Å². The molecule has 5 N–H and O–H groups in total. The smallest absolute Gasteiger partial charge is 0.341 e. The van der Waals surface area contributed by atoms with Gasteiger partial charge in [0.05, 0.1) is 25.2 Å². The molecule has 0 aliphatic carbocycles. The maximum Gasteiger partial charge on any atom is 0.341 e. The fraction of sp³-hybridized carbons (Fsp3) is 0.188. The Kier molecular flexibility index (Phi) is 5.88. The molecule has 2 aromatic rings. The molecule has 11 heteroatoms. The molecule has 0 aliphatic heterocycles. The number of pyridine rings is 2. The Bertz CT molecular complexity index is 899. The highest BCUT2D eigenvalue weighted by Gasteiger charge is 2.24. The van der Waals surface area contributed by atoms with E-state index in [1.54, 1.807) is 0 Å². The predicted molar refractivity (Wildman–Crippen MR) is 83.3 cm³/mol. The molecule has 0 spiro atoms. The van der Waals surface area contributed by atoms with Gasteiger partial charge < -0.3 is 15.3 Å². The largest absolute Gasteiger partial charge is 0.480 e. The van der Waals surface area contributed by atoms with E-state index in [2.05, 4.69) is 0 Å². The number of rotatable bonds is 8. The van der Waals surface area contributed by atoms with Crippen LogP contribution in [0.3, 0.4) is 0 Å². The van der Waals surface area contributed by atoms with Gasteiger partial charge in [-0.15, -0.1) is 0 Å². The van der Waals surface area contributed by atoms with Crippen LogP contribution in [0.2, 0.25) is 0 Å². The Morgan fingerprint density at radius 3 is 2.04 bits per heavy atom. The van der Waals surface area contributed by atoms with Gasteiger partial charge in [-0.2, -0.15) is 0 Å². The molecule has 0 saturated carbocycles. The number of aliphatic carboxylic acids is 1. The van der Waals surface area contributed by atoms with Crippen LogP contribution in [0.1, 0.15) is 32.1 Å². The molecular weight excluding hydrogens is 362 g/mol. The third kappa shape index (κ3) is 5.12. The van der Waals surface area contributed by atoms with Gasteiger partial charge in [-0.05, 0) is 6.07 Å². The van der Waals surface area contributed by atoms with Crippen LogP contribution < -0.4 is 9.46 Å². The van der Waals surface area contributed by atoms with Gasteiger partial charge in [0.1, 0.15) is 5.56 Å². The Morgan fingerprint density at radius 2 is 1.48 bits per heavy atom. The van der Waals surface area contributed by atoms with Gasteiger partial charge in [0.25, 0.3) is 0 Å². The maximum atomic E-state index is 11.1. The number of nitrogens with zero attached hydrogens (tertiary/aromatic N) is 3. The van der Waals surface area contributed by atoms with Crippen LogP contribution in [0.4, 0.5) is 0 Å². The lowest BCUT2D eigenvalue weighted by Gasteiger charge is -2.16. The van der Waals surface area contributed by atoms with E-state index in [0.29, 0.717) is 9.46 Å². The minimum Gasteiger partial charge on any atom is -0.480 e. The van der Waals surface area contributed by atoms with Crippen molar-refractivity contribution in [3.05, 3.63) is 59.2 Å². The van der Waals surface area contributed by atoms with Gasteiger partial charge in [-0.3, -0.25) is 20.1 Å². The summed E-state index contributed by atoms with van der Waals surface area (Å²) in [6, 6.07) is 4.94. The lowest BCUT2D eigenvalue weighted by molar-refractivity contribution is -0.911. The zero-order valence-electron chi connectivity index (χ0n) is 13.9. The highest BCUT2D eigenvalue weighted by atomic mass is 16.5. The minimum atomic E-state index is -1.24. The number of aromatic nitrogens is 2. The number of hydrogen-bond donors (Lipinski definition) is 5. The molecule has 11 nitrogen and oxygen atoms in total. The topological polar surface area (TPSA) is 163 Å². The van der Waals surface area contributed by atoms with Crippen LogP contribution in [-0.4, -0.2) is 55.1 Å². The summed E-state index contributed by atoms with van der Waals surface area (Å²) >= 11 is 0. The normalized spacial score (nSPS) is 10.7. The monoisotopic (exact) mass is 379 g/mol. The SMILES string of the molecule is O=C(O)CN(Cc1cc(C(=O)O)cc[n+]1O)Cc1ccc(C(=O)O)c[n+]1O. The van der Waals surface area contributed by atoms with Crippen LogP contribution in [-0.2, 0) is 17.9 Å². The molecule has 0 atom stereocenters. The number of hydrogen-bond acceptors (Lipinski definition) is 6. The molecule has 0 saturated heterocycles. The molecule has 142 valence electrons. The lowest BCUT2D eigenvalue weighted by Crippen LogP contribution is -2.43. The van der Waals surface area contributed by atoms with Crippen LogP contribution in [0.25, 0.3) is 0 Å². The van der Waals surface area contributed by atoms with E-state index in [9.17, 15) is 24.8 Å². The zero-order chi connectivity index (χ0) is 20.1. The van der Waals surface area contributed by atoms with Gasteiger partial charge in [0.15, 0.2) is 0 Å². The Balaban J connectivity index is 2.29. The molecule has 0 aliphatic rings. The van der Waals surface area contributed by atoms with Crippen LogP contribution >= 0.6 is 0 Å². The number of carboxylic acid groups (broad SMARTS) is 3. The summed E-state index contributed by atoms with van der Waals surface area (Å²) in [4.78, 5) is 34.4. The molecule has 27 heavy (non-hydrogen) atoms. The highest BCUT2D eigenvalue weighted by molar-refractivity contribution is 5.87. The fourth-order valence-electron chi connectivity index (χ4n) is 2.38. The molecule has 2 aromatic heterocycles. The van der Waals surface area contributed by atoms with Crippen molar-refractivity contribution in [3.8, 4) is 0 Å². The molecule has 0 fully saturated rings. The van der Waals surface area contributed by atoms with Crippen molar-refractivity contribution in [2.45, 2.75) is 13.1 Å². The van der Waals surface area contributed by atoms with Gasteiger partial charge in [0.2, 0.25) is 23.8 Å². The third-order valence-electron chi connectivity index (χ3n) is 3.65. The Morgan fingerprint density at radius 1 is 0.852 bits per heavy atom. The minimum absolute atomic E-state index is 0.0893. The van der Waals surface area contributed by atoms with E-state index >= 15 is 0 Å². The molecule has 2 heterocycles. The lowest BCUT2D eigenvalue weighted by atomic mass is 10.2. The maximum absolute atomic E-state index is 11.1. The van der Waals surface area contributed by atoms with Crippen molar-refractivity contribution in [1.29, 1.82) is 0 Å². The van der Waals surface area contributed by atoms with Crippen molar-refractivity contribution in [3.63, 3.8) is 0 Å². The van der Waals surface area contributed by atoms with Crippen LogP contribution in [0.15, 0.2) is 36.7 Å². The van der Waals surface area contributed by atoms with Crippen molar-refractivity contribution in [2.24, 2.45) is 0 Å². The van der Waals surface area contributed by atoms with Crippen molar-refractivity contribution in [2.75, 3.05) is 6.54 Å². The van der Waals surface area contributed by atoms with Crippen LogP contribution in [0.5, 0.6) is 0 Å². The standard InChI is InChI=1S/C16H15N3O8/c20-14(21)9-17(7-12-2-1-11(16(24)25)6-19(12)27)8-13-5-10(15(22)23)3-4-18(13)26/h1-6H,7-9H2,(H3-2,20,21,22,23,24,25,26,27)/p+2. The molecular formula is C16H17N3O8+2. The summed E-state index contributed by atoms with van der Waals surface area (Å²) in [5.41, 5.74) is 0.0601. The summed E-state index contributed by atoms with van der Waals surface area (Å²) in [5, 5.41) is 46.8. The van der Waals surface area contributed by atoms with Gasteiger partial charge in [0, 0.05) is 27.7 Å². The van der Waals surface area contributed by atoms with Gasteiger partial charge in [-0.25, -0.2) is 9.59 Å². The summed E-state index contributed by atoms with van der Waals surface area (Å²) < 4.78 is 1.24. The molecule has 0 unspecified atom stereocenters. The summed E-state index contributed by atoms with van der Waals surface area (Å²) in [5.74, 6) is -3.63. The molecule has 0 aromatic carbocycles. The zero-order valence-corrected chi connectivity index (χ0v) is 13.9. The quantitative estimate of drug-likeness (QED) is 0.292. The number of carbonyl (C=O) groups is 3. The first-order valence-corrected chi connectivity index (χ1v) is 7.55. The summed E-state index contributed by atoms with van der Waals surface area (Å²) in [6.45, 7) is -0.734. The van der Waals surface area contributed by atoms with E-state index in [1.807, 2.05) is 0 Å². The van der Waals surface area contributed by atoms with Crippen LogP contribution in [0, 0.1) is 0 Å². The second kappa shape index (κ2) is 8.10. The van der Waals surface area contributed by atoms with Gasteiger partial charge >= 0.3 is 17.9 Å². The van der Waals surface area contributed by atoms with E-state index in [0.717, 1.165) is 12.4 Å². The first-order valence-electron chi connectivity index (χ1n) is 7.55. The van der Waals surface area contributed by atoms with E-state index in [4.69, 9.17) is 15.3 Å². The summed E-state index contributed by atoms with van der Waals surface area (Å²) in [7, 11) is 0. The average molecular weight is 379 g/mol. The number of aromatic carboxylic acids is 2. The molecule has 0 amide bonds. The van der Waals surface area contributed by atoms with E-state index < -0.39 is 24.5 Å². The first kappa shape index (κ1) is 19.6. The first-order chi connectivity index (χ1) is 12.7. The van der Waals surface area contributed by atoms with E-state index in [-0.39, 0.29) is 35.6 Å². The van der Waals surface area contributed by atoms with Crippen molar-refractivity contribution in [1.82, 2.24) is 4.90 Å². The van der Waals surface area contributed by atoms with Crippen molar-refractivity contribution < 1.29 is 49.6 Å². The third-order valence-corrected chi connectivity index (χ3v) is 3.65. The second-order valence-corrected chi connectivity index (χ2v) is 5.65. The fourth-order valence-corrected chi connectivity index (χ4v) is 2.38. The second-order valence-electron chi connectivity index (χ2n) is 5.65. The van der Waals surface area contributed by atoms with E-state index in [1.165, 1.54) is 29.2 Å². The predicted octanol–water partition coefficient (Wildman–Crippen LogP) is -0.781. The highest BCUT2D eigenvalue weighted by Crippen LogP contribution is 2.08.